The van der Waals surface area contributed by atoms with Crippen LogP contribution in [0.5, 0.6) is 0 Å². The number of aromatic nitrogens is 3. The van der Waals surface area contributed by atoms with E-state index >= 15 is 0 Å². The van der Waals surface area contributed by atoms with Crippen LogP contribution in [0.1, 0.15) is 10.4 Å². The van der Waals surface area contributed by atoms with E-state index in [-0.39, 0.29) is 0 Å². The summed E-state index contributed by atoms with van der Waals surface area (Å²) in [7, 11) is 1.71. The monoisotopic (exact) mass is 791 g/mol. The smallest absolute Gasteiger partial charge is 0.239 e. The van der Waals surface area contributed by atoms with Crippen LogP contribution in [0, 0.1) is 9.41 Å². The maximum absolute atomic E-state index is 5.94. The number of rotatable bonds is 4. The van der Waals surface area contributed by atoms with Gasteiger partial charge >= 0.3 is 0 Å². The summed E-state index contributed by atoms with van der Waals surface area (Å²) in [6, 6.07) is 38.7. The number of benzene rings is 4. The Morgan fingerprint density at radius 3 is 1.58 bits per heavy atom. The minimum Gasteiger partial charge on any atom is -0.438 e. The number of ether oxygens (including phenoxy) is 1. The predicted molar refractivity (Wildman–Crippen MR) is 224 cm³/mol. The molecule has 10 rings (SSSR count). The Hall–Kier alpha value is -6.25. The van der Waals surface area contributed by atoms with Crippen LogP contribution < -0.4 is 5.55 Å². The molecule has 0 radical (unpaired) electrons. The molecule has 5 aromatic heterocycles. The summed E-state index contributed by atoms with van der Waals surface area (Å²) in [5.41, 5.74) is 4.77. The lowest BCUT2D eigenvalue weighted by molar-refractivity contribution is 0.503. The molecule has 0 saturated carbocycles. The summed E-state index contributed by atoms with van der Waals surface area (Å²) < 4.78 is 24.2. The van der Waals surface area contributed by atoms with Crippen molar-refractivity contribution < 1.29 is 18.0 Å². The van der Waals surface area contributed by atoms with Gasteiger partial charge in [0.1, 0.15) is 5.76 Å². The maximum atomic E-state index is 5.94. The molecule has 0 unspecified atom stereocenters. The standard InChI is InChI=1S/C22H15N3O2S.C20H10N2O2S3/c1-13-14-7-3-5-9-16(14)24-21(26-13)18-11-12-19(28-18)22-25-17-10-6-4-8-15(17)20(23-2)27-22;25-19-11-5-1-3-7-13(11)21-17(23-19)15-9-10-16(27-15)18-22-14-8-4-2-6-12(14)20(26)24-18/h3-12H,1H2,2H3;1-10H. The molecule has 0 fully saturated rings. The van der Waals surface area contributed by atoms with Gasteiger partial charge in [-0.15, -0.1) is 22.7 Å². The first-order valence-electron chi connectivity index (χ1n) is 16.8. The van der Waals surface area contributed by atoms with Gasteiger partial charge < -0.3 is 18.0 Å². The van der Waals surface area contributed by atoms with Gasteiger partial charge in [0.05, 0.1) is 57.9 Å². The highest BCUT2D eigenvalue weighted by molar-refractivity contribution is 7.71. The first-order valence-corrected chi connectivity index (χ1v) is 19.3. The molecule has 266 valence electrons. The lowest BCUT2D eigenvalue weighted by Gasteiger charge is -2.17. The average Bonchev–Trinajstić information content (AvgIpc) is 3.93. The maximum Gasteiger partial charge on any atom is 0.239 e. The molecule has 4 aromatic carbocycles. The molecule has 9 nitrogen and oxygen atoms in total. The molecular formula is C42H25N5O4S4. The summed E-state index contributed by atoms with van der Waals surface area (Å²) in [4.78, 5) is 26.2. The van der Waals surface area contributed by atoms with Gasteiger partial charge in [0.2, 0.25) is 38.5 Å². The second kappa shape index (κ2) is 14.5. The molecule has 0 aliphatic carbocycles. The molecule has 13 heteroatoms. The molecule has 6 heterocycles. The number of hydrogen-bond donors (Lipinski definition) is 0. The fourth-order valence-corrected chi connectivity index (χ4v) is 8.12. The third kappa shape index (κ3) is 6.74. The second-order valence-electron chi connectivity index (χ2n) is 12.0. The molecule has 0 saturated heterocycles. The molecule has 0 atom stereocenters. The van der Waals surface area contributed by atoms with Crippen molar-refractivity contribution in [2.45, 2.75) is 0 Å². The summed E-state index contributed by atoms with van der Waals surface area (Å²) >= 11 is 13.7. The van der Waals surface area contributed by atoms with Crippen LogP contribution in [0.25, 0.3) is 70.8 Å². The van der Waals surface area contributed by atoms with Gasteiger partial charge in [0.15, 0.2) is 0 Å². The van der Waals surface area contributed by atoms with Crippen molar-refractivity contribution in [1.29, 1.82) is 0 Å². The number of aliphatic imine (C=N–C) groups is 1. The number of nitrogens with zero attached hydrogens (tertiary/aromatic N) is 5. The van der Waals surface area contributed by atoms with E-state index < -0.39 is 0 Å². The van der Waals surface area contributed by atoms with Crippen molar-refractivity contribution >= 4 is 97.2 Å². The van der Waals surface area contributed by atoms with E-state index in [1.165, 1.54) is 22.7 Å². The third-order valence-electron chi connectivity index (χ3n) is 8.53. The first kappa shape index (κ1) is 34.5. The van der Waals surface area contributed by atoms with E-state index in [0.29, 0.717) is 44.3 Å². The van der Waals surface area contributed by atoms with Gasteiger partial charge in [0, 0.05) is 12.6 Å². The van der Waals surface area contributed by atoms with Gasteiger partial charge in [-0.2, -0.15) is 0 Å². The van der Waals surface area contributed by atoms with Crippen molar-refractivity contribution in [3.05, 3.63) is 153 Å². The molecule has 55 heavy (non-hydrogen) atoms. The van der Waals surface area contributed by atoms with Crippen molar-refractivity contribution in [3.8, 4) is 32.3 Å². The molecule has 0 bridgehead atoms. The fraction of sp³-hybridized carbons (Fsp3) is 0.0238. The highest BCUT2D eigenvalue weighted by Gasteiger charge is 2.21. The Bertz CT molecular complexity index is 3080. The summed E-state index contributed by atoms with van der Waals surface area (Å²) in [5, 5.41) is 2.54. The SMILES string of the molecule is C=C1OC(c2ccc(-c3nc4ccccc4c(=NC)o3)s2)=Nc2ccccc21.S=c1oc(-c2ccc(-c3nc4ccccc4c(=S)o3)s2)nc2ccccc12. The molecule has 0 amide bonds. The van der Waals surface area contributed by atoms with Crippen LogP contribution in [-0.4, -0.2) is 27.9 Å². The lowest BCUT2D eigenvalue weighted by Crippen LogP contribution is -2.08. The second-order valence-corrected chi connectivity index (χ2v) is 14.9. The van der Waals surface area contributed by atoms with Gasteiger partial charge in [-0.25, -0.2) is 19.9 Å². The van der Waals surface area contributed by atoms with Crippen LogP contribution in [-0.2, 0) is 4.74 Å². The predicted octanol–water partition coefficient (Wildman–Crippen LogP) is 12.0. The molecule has 1 aliphatic rings. The van der Waals surface area contributed by atoms with Crippen molar-refractivity contribution in [1.82, 2.24) is 15.0 Å². The Morgan fingerprint density at radius 2 is 1.00 bits per heavy atom. The molecule has 0 spiro atoms. The van der Waals surface area contributed by atoms with E-state index in [4.69, 9.17) is 42.4 Å². The van der Waals surface area contributed by atoms with Gasteiger partial charge in [-0.05, 0) is 97.2 Å². The van der Waals surface area contributed by atoms with Crippen LogP contribution in [0.3, 0.4) is 0 Å². The average molecular weight is 792 g/mol. The number of fused-ring (bicyclic) bond motifs is 4. The quantitative estimate of drug-likeness (QED) is 0.161. The number of hydrogen-bond acceptors (Lipinski definition) is 13. The Kier molecular flexibility index (Phi) is 9.12. The minimum atomic E-state index is 0.423. The molecule has 9 aromatic rings. The van der Waals surface area contributed by atoms with Crippen LogP contribution in [0.4, 0.5) is 5.69 Å². The molecular weight excluding hydrogens is 767 g/mol. The Morgan fingerprint density at radius 1 is 0.545 bits per heavy atom. The van der Waals surface area contributed by atoms with E-state index in [2.05, 4.69) is 31.5 Å². The van der Waals surface area contributed by atoms with E-state index in [0.717, 1.165) is 63.5 Å². The first-order chi connectivity index (χ1) is 26.9. The highest BCUT2D eigenvalue weighted by Crippen LogP contribution is 2.37. The number of thiophene rings is 2. The van der Waals surface area contributed by atoms with E-state index in [1.54, 1.807) is 7.05 Å². The normalized spacial score (nSPS) is 12.6. The Balaban J connectivity index is 0.000000144. The van der Waals surface area contributed by atoms with E-state index in [9.17, 15) is 0 Å². The number of para-hydroxylation sites is 4. The van der Waals surface area contributed by atoms with Gasteiger partial charge in [-0.3, -0.25) is 4.99 Å². The summed E-state index contributed by atoms with van der Waals surface area (Å²) in [5.74, 6) is 2.60. The fourth-order valence-electron chi connectivity index (χ4n) is 5.90. The topological polar surface area (TPSA) is 112 Å². The largest absolute Gasteiger partial charge is 0.438 e. The molecule has 1 aliphatic heterocycles. The minimum absolute atomic E-state index is 0.423. The highest BCUT2D eigenvalue weighted by atomic mass is 32.1. The van der Waals surface area contributed by atoms with Crippen LogP contribution in [0.2, 0.25) is 0 Å². The lowest BCUT2D eigenvalue weighted by atomic mass is 10.1. The van der Waals surface area contributed by atoms with Gasteiger partial charge in [-0.1, -0.05) is 55.1 Å². The zero-order valence-corrected chi connectivity index (χ0v) is 32.0. The van der Waals surface area contributed by atoms with Gasteiger partial charge in [0.25, 0.3) is 0 Å². The van der Waals surface area contributed by atoms with Crippen LogP contribution >= 0.6 is 47.1 Å². The van der Waals surface area contributed by atoms with Crippen molar-refractivity contribution in [2.75, 3.05) is 7.05 Å². The van der Waals surface area contributed by atoms with Crippen LogP contribution in [0.15, 0.2) is 151 Å². The van der Waals surface area contributed by atoms with E-state index in [1.807, 2.05) is 121 Å². The third-order valence-corrected chi connectivity index (χ3v) is 11.3. The Labute approximate surface area is 331 Å². The zero-order chi connectivity index (χ0) is 37.5. The summed E-state index contributed by atoms with van der Waals surface area (Å²) in [6.07, 6.45) is 0. The van der Waals surface area contributed by atoms with Crippen molar-refractivity contribution in [3.63, 3.8) is 0 Å². The molecule has 0 N–H and O–H groups in total. The van der Waals surface area contributed by atoms with Crippen molar-refractivity contribution in [2.24, 2.45) is 9.98 Å². The summed E-state index contributed by atoms with van der Waals surface area (Å²) in [6.45, 7) is 4.01. The zero-order valence-electron chi connectivity index (χ0n) is 28.8.